The van der Waals surface area contributed by atoms with Crippen LogP contribution in [0.2, 0.25) is 0 Å². The second-order valence-corrected chi connectivity index (χ2v) is 10.6. The monoisotopic (exact) mass is 427 g/mol. The Morgan fingerprint density at radius 3 is 1.69 bits per heavy atom. The van der Waals surface area contributed by atoms with E-state index in [4.69, 9.17) is 0 Å². The fourth-order valence-corrected chi connectivity index (χ4v) is 5.30. The van der Waals surface area contributed by atoms with Gasteiger partial charge in [0, 0.05) is 19.5 Å². The largest absolute Gasteiger partial charge is 0.323 e. The molecular formula is C25H51N2OS+. The lowest BCUT2D eigenvalue weighted by molar-refractivity contribution is -0.908. The fourth-order valence-electron chi connectivity index (χ4n) is 4.25. The highest BCUT2D eigenvalue weighted by Crippen LogP contribution is 2.16. The number of rotatable bonds is 19. The Hall–Kier alpha value is -0.0600. The van der Waals surface area contributed by atoms with Gasteiger partial charge in [-0.25, -0.2) is 0 Å². The summed E-state index contributed by atoms with van der Waals surface area (Å²) in [4.78, 5) is 12.1. The van der Waals surface area contributed by atoms with Gasteiger partial charge in [-0.2, -0.15) is 0 Å². The normalized spacial score (nSPS) is 16.2. The predicted molar refractivity (Wildman–Crippen MR) is 131 cm³/mol. The lowest BCUT2D eigenvalue weighted by Gasteiger charge is -2.37. The van der Waals surface area contributed by atoms with Crippen molar-refractivity contribution in [3.63, 3.8) is 0 Å². The van der Waals surface area contributed by atoms with Crippen LogP contribution in [0.3, 0.4) is 0 Å². The van der Waals surface area contributed by atoms with Crippen LogP contribution in [-0.2, 0) is 4.79 Å². The molecule has 0 aromatic heterocycles. The molecule has 4 heteroatoms. The first kappa shape index (κ1) is 27.0. The molecule has 0 bridgehead atoms. The van der Waals surface area contributed by atoms with Crippen molar-refractivity contribution in [2.45, 2.75) is 110 Å². The summed E-state index contributed by atoms with van der Waals surface area (Å²) in [7, 11) is 2.33. The zero-order valence-corrected chi connectivity index (χ0v) is 20.6. The molecule has 0 amide bonds. The molecule has 1 N–H and O–H groups in total. The number of likely N-dealkylation sites (N-methyl/N-ethyl adjacent to an activating group) is 1. The van der Waals surface area contributed by atoms with Crippen LogP contribution >= 0.6 is 11.8 Å². The number of hydrogen-bond acceptors (Lipinski definition) is 3. The average molecular weight is 428 g/mol. The van der Waals surface area contributed by atoms with Gasteiger partial charge >= 0.3 is 0 Å². The molecule has 0 atom stereocenters. The molecular weight excluding hydrogens is 376 g/mol. The summed E-state index contributed by atoms with van der Waals surface area (Å²) in [5.41, 5.74) is 0. The minimum absolute atomic E-state index is 0.418. The molecule has 1 aliphatic heterocycles. The molecule has 1 saturated heterocycles. The summed E-state index contributed by atoms with van der Waals surface area (Å²) in [5, 5.41) is 3.84. The molecule has 0 aromatic carbocycles. The lowest BCUT2D eigenvalue weighted by Crippen LogP contribution is -2.56. The van der Waals surface area contributed by atoms with E-state index in [2.05, 4.69) is 19.3 Å². The number of carbonyl (C=O) groups is 1. The molecule has 1 rings (SSSR count). The number of unbranched alkanes of at least 4 members (excludes halogenated alkanes) is 14. The first-order chi connectivity index (χ1) is 14.2. The third-order valence-electron chi connectivity index (χ3n) is 6.54. The molecule has 0 spiro atoms. The highest BCUT2D eigenvalue weighted by molar-refractivity contribution is 8.13. The van der Waals surface area contributed by atoms with E-state index in [0.717, 1.165) is 42.7 Å². The van der Waals surface area contributed by atoms with E-state index in [9.17, 15) is 4.79 Å². The van der Waals surface area contributed by atoms with Gasteiger partial charge in [0.15, 0.2) is 5.12 Å². The minimum atomic E-state index is 0.418. The van der Waals surface area contributed by atoms with Crippen LogP contribution in [0.5, 0.6) is 0 Å². The van der Waals surface area contributed by atoms with Crippen molar-refractivity contribution in [3.8, 4) is 0 Å². The van der Waals surface area contributed by atoms with E-state index in [1.807, 2.05) is 0 Å². The fraction of sp³-hybridized carbons (Fsp3) is 0.960. The summed E-state index contributed by atoms with van der Waals surface area (Å²) in [6, 6.07) is 0. The number of nitrogens with zero attached hydrogens (tertiary/aromatic N) is 1. The van der Waals surface area contributed by atoms with E-state index in [1.54, 1.807) is 11.8 Å². The number of hydrogen-bond donors (Lipinski definition) is 1. The van der Waals surface area contributed by atoms with Gasteiger partial charge in [-0.05, 0) is 6.42 Å². The third-order valence-corrected chi connectivity index (χ3v) is 7.45. The molecule has 29 heavy (non-hydrogen) atoms. The molecule has 1 heterocycles. The van der Waals surface area contributed by atoms with Gasteiger partial charge < -0.3 is 9.80 Å². The summed E-state index contributed by atoms with van der Waals surface area (Å²) in [5.74, 6) is 0.994. The van der Waals surface area contributed by atoms with E-state index < -0.39 is 0 Å². The van der Waals surface area contributed by atoms with Crippen LogP contribution in [0.4, 0.5) is 0 Å². The van der Waals surface area contributed by atoms with Crippen LogP contribution in [0.15, 0.2) is 0 Å². The Balaban J connectivity index is 1.77. The van der Waals surface area contributed by atoms with E-state index >= 15 is 0 Å². The Morgan fingerprint density at radius 1 is 0.759 bits per heavy atom. The van der Waals surface area contributed by atoms with Crippen LogP contribution in [-0.4, -0.2) is 55.1 Å². The van der Waals surface area contributed by atoms with Gasteiger partial charge in [-0.15, -0.1) is 0 Å². The van der Waals surface area contributed by atoms with Crippen molar-refractivity contribution in [2.24, 2.45) is 0 Å². The zero-order valence-electron chi connectivity index (χ0n) is 19.8. The van der Waals surface area contributed by atoms with Crippen molar-refractivity contribution < 1.29 is 9.28 Å². The maximum Gasteiger partial charge on any atom is 0.189 e. The Labute approximate surface area is 186 Å². The van der Waals surface area contributed by atoms with Crippen molar-refractivity contribution in [1.29, 1.82) is 0 Å². The first-order valence-corrected chi connectivity index (χ1v) is 13.8. The molecule has 0 unspecified atom stereocenters. The van der Waals surface area contributed by atoms with Gasteiger partial charge in [0.05, 0.1) is 32.4 Å². The Bertz CT molecular complexity index is 383. The van der Waals surface area contributed by atoms with Gasteiger partial charge in [0.25, 0.3) is 0 Å². The van der Waals surface area contributed by atoms with Crippen molar-refractivity contribution in [1.82, 2.24) is 5.32 Å². The summed E-state index contributed by atoms with van der Waals surface area (Å²) >= 11 is 1.58. The molecule has 0 aromatic rings. The quantitative estimate of drug-likeness (QED) is 0.187. The van der Waals surface area contributed by atoms with Gasteiger partial charge in [0.2, 0.25) is 0 Å². The highest BCUT2D eigenvalue weighted by atomic mass is 32.2. The minimum Gasteiger partial charge on any atom is -0.323 e. The second kappa shape index (κ2) is 18.7. The van der Waals surface area contributed by atoms with E-state index in [0.29, 0.717) is 5.12 Å². The molecule has 0 saturated carbocycles. The Morgan fingerprint density at radius 2 is 1.21 bits per heavy atom. The highest BCUT2D eigenvalue weighted by Gasteiger charge is 2.24. The average Bonchev–Trinajstić information content (AvgIpc) is 2.71. The van der Waals surface area contributed by atoms with E-state index in [1.165, 1.54) is 103 Å². The third kappa shape index (κ3) is 16.3. The summed E-state index contributed by atoms with van der Waals surface area (Å²) < 4.78 is 1.13. The molecule has 172 valence electrons. The number of carbonyl (C=O) groups excluding carboxylic acids is 1. The van der Waals surface area contributed by atoms with Crippen LogP contribution in [0.1, 0.15) is 110 Å². The van der Waals surface area contributed by atoms with E-state index in [-0.39, 0.29) is 0 Å². The first-order valence-electron chi connectivity index (χ1n) is 12.9. The van der Waals surface area contributed by atoms with Crippen molar-refractivity contribution in [3.05, 3.63) is 0 Å². The number of quaternary nitrogens is 1. The SMILES string of the molecule is CCCCCCCCCCCCCCCCCC(=O)SCC[N+]1(C)CCNCC1. The van der Waals surface area contributed by atoms with Gasteiger partial charge in [-0.3, -0.25) is 4.79 Å². The van der Waals surface area contributed by atoms with Crippen molar-refractivity contribution >= 4 is 16.9 Å². The maximum absolute atomic E-state index is 12.1. The number of nitrogens with one attached hydrogen (secondary N) is 1. The molecule has 1 aliphatic rings. The zero-order chi connectivity index (χ0) is 21.0. The smallest absolute Gasteiger partial charge is 0.189 e. The van der Waals surface area contributed by atoms with Gasteiger partial charge in [-0.1, -0.05) is 109 Å². The predicted octanol–water partition coefficient (Wildman–Crippen LogP) is 6.56. The van der Waals surface area contributed by atoms with Gasteiger partial charge in [0.1, 0.15) is 0 Å². The topological polar surface area (TPSA) is 29.1 Å². The summed E-state index contributed by atoms with van der Waals surface area (Å²) in [6.45, 7) is 8.07. The standard InChI is InChI=1S/C25H51N2OS/c1-3-4-5-6-7-8-9-10-11-12-13-14-15-16-17-18-25(28)29-24-23-27(2)21-19-26-20-22-27/h26H,3-24H2,1-2H3/q+1. The number of piperazine rings is 1. The number of thioether (sulfide) groups is 1. The summed E-state index contributed by atoms with van der Waals surface area (Å²) in [6.07, 6.45) is 21.5. The molecule has 0 radical (unpaired) electrons. The van der Waals surface area contributed by atoms with Crippen molar-refractivity contribution in [2.75, 3.05) is 45.5 Å². The molecule has 0 aliphatic carbocycles. The van der Waals surface area contributed by atoms with Crippen LogP contribution in [0.25, 0.3) is 0 Å². The maximum atomic E-state index is 12.1. The molecule has 3 nitrogen and oxygen atoms in total. The Kier molecular flexibility index (Phi) is 17.4. The lowest BCUT2D eigenvalue weighted by atomic mass is 10.0. The second-order valence-electron chi connectivity index (χ2n) is 9.46. The molecule has 1 fully saturated rings. The van der Waals surface area contributed by atoms with Crippen LogP contribution in [0, 0.1) is 0 Å². The van der Waals surface area contributed by atoms with Crippen LogP contribution < -0.4 is 5.32 Å².